The summed E-state index contributed by atoms with van der Waals surface area (Å²) >= 11 is 0. The maximum atomic E-state index is 2.36. The summed E-state index contributed by atoms with van der Waals surface area (Å²) in [6.45, 7) is 2.21. The van der Waals surface area contributed by atoms with Gasteiger partial charge in [-0.2, -0.15) is 4.57 Å². The van der Waals surface area contributed by atoms with Crippen LogP contribution in [0.25, 0.3) is 43.7 Å². The Labute approximate surface area is 153 Å². The molecule has 26 heavy (non-hydrogen) atoms. The fourth-order valence-corrected chi connectivity index (χ4v) is 4.06. The van der Waals surface area contributed by atoms with Gasteiger partial charge in [0, 0.05) is 23.1 Å². The van der Waals surface area contributed by atoms with E-state index in [1.165, 1.54) is 49.3 Å². The molecule has 0 aliphatic rings. The highest BCUT2D eigenvalue weighted by atomic mass is 14.9. The Balaban J connectivity index is 1.85. The van der Waals surface area contributed by atoms with E-state index in [2.05, 4.69) is 103 Å². The van der Waals surface area contributed by atoms with Gasteiger partial charge in [-0.3, -0.25) is 0 Å². The minimum absolute atomic E-state index is 1.25. The summed E-state index contributed by atoms with van der Waals surface area (Å²) < 4.78 is 2.30. The topological polar surface area (TPSA) is 3.88 Å². The Morgan fingerprint density at radius 3 is 2.19 bits per heavy atom. The molecule has 0 aliphatic heterocycles. The zero-order valence-electron chi connectivity index (χ0n) is 15.0. The zero-order valence-corrected chi connectivity index (χ0v) is 15.0. The largest absolute Gasteiger partial charge is 0.213 e. The molecule has 1 heteroatoms. The van der Waals surface area contributed by atoms with Crippen molar-refractivity contribution < 1.29 is 4.57 Å². The minimum Gasteiger partial charge on any atom is -0.194 e. The lowest BCUT2D eigenvalue weighted by Gasteiger charge is -2.10. The van der Waals surface area contributed by atoms with E-state index in [4.69, 9.17) is 0 Å². The number of aryl methyl sites for hydroxylation is 2. The molecule has 0 fully saturated rings. The van der Waals surface area contributed by atoms with Gasteiger partial charge in [0.1, 0.15) is 7.05 Å². The van der Waals surface area contributed by atoms with Crippen molar-refractivity contribution in [2.75, 3.05) is 0 Å². The number of pyridine rings is 1. The second kappa shape index (κ2) is 5.67. The van der Waals surface area contributed by atoms with E-state index in [-0.39, 0.29) is 0 Å². The third-order valence-electron chi connectivity index (χ3n) is 5.45. The number of rotatable bonds is 1. The fourth-order valence-electron chi connectivity index (χ4n) is 4.06. The van der Waals surface area contributed by atoms with Crippen LogP contribution in [-0.4, -0.2) is 0 Å². The van der Waals surface area contributed by atoms with E-state index in [0.717, 1.165) is 0 Å². The molecule has 0 saturated heterocycles. The molecule has 124 valence electrons. The maximum Gasteiger partial charge on any atom is 0.213 e. The molecular weight excluding hydrogens is 314 g/mol. The third kappa shape index (κ3) is 2.21. The first-order valence-electron chi connectivity index (χ1n) is 9.03. The molecule has 0 bridgehead atoms. The van der Waals surface area contributed by atoms with Crippen molar-refractivity contribution in [3.63, 3.8) is 0 Å². The van der Waals surface area contributed by atoms with Crippen LogP contribution in [0.1, 0.15) is 5.56 Å². The number of para-hydroxylation sites is 1. The van der Waals surface area contributed by atoms with Crippen molar-refractivity contribution in [1.82, 2.24) is 0 Å². The SMILES string of the molecule is Cc1cc2ccc3ccccc3c2cc1-c1ccc2ccccc2[n+]1C. The van der Waals surface area contributed by atoms with E-state index < -0.39 is 0 Å². The van der Waals surface area contributed by atoms with E-state index in [1.807, 2.05) is 0 Å². The van der Waals surface area contributed by atoms with Crippen LogP contribution >= 0.6 is 0 Å². The molecule has 1 aromatic heterocycles. The van der Waals surface area contributed by atoms with Crippen molar-refractivity contribution in [2.45, 2.75) is 6.92 Å². The molecule has 0 aliphatic carbocycles. The zero-order chi connectivity index (χ0) is 17.7. The first kappa shape index (κ1) is 15.1. The normalized spacial score (nSPS) is 11.5. The number of fused-ring (bicyclic) bond motifs is 4. The predicted molar refractivity (Wildman–Crippen MR) is 110 cm³/mol. The molecule has 0 saturated carbocycles. The van der Waals surface area contributed by atoms with Gasteiger partial charge >= 0.3 is 0 Å². The lowest BCUT2D eigenvalue weighted by molar-refractivity contribution is -0.633. The molecule has 5 aromatic rings. The minimum atomic E-state index is 1.25. The van der Waals surface area contributed by atoms with Crippen LogP contribution in [0.15, 0.2) is 84.9 Å². The Kier molecular flexibility index (Phi) is 3.29. The summed E-state index contributed by atoms with van der Waals surface area (Å²) in [4.78, 5) is 0. The van der Waals surface area contributed by atoms with Crippen molar-refractivity contribution >= 4 is 32.4 Å². The van der Waals surface area contributed by atoms with E-state index in [0.29, 0.717) is 0 Å². The number of hydrogen-bond donors (Lipinski definition) is 0. The first-order valence-corrected chi connectivity index (χ1v) is 9.03. The molecule has 0 spiro atoms. The van der Waals surface area contributed by atoms with Crippen LogP contribution in [0.2, 0.25) is 0 Å². The van der Waals surface area contributed by atoms with Gasteiger partial charge < -0.3 is 0 Å². The van der Waals surface area contributed by atoms with Crippen molar-refractivity contribution in [3.05, 3.63) is 90.5 Å². The highest BCUT2D eigenvalue weighted by molar-refractivity contribution is 6.09. The van der Waals surface area contributed by atoms with Gasteiger partial charge in [0.15, 0.2) is 0 Å². The third-order valence-corrected chi connectivity index (χ3v) is 5.45. The molecule has 4 aromatic carbocycles. The van der Waals surface area contributed by atoms with Gasteiger partial charge in [-0.25, -0.2) is 0 Å². The fraction of sp³-hybridized carbons (Fsp3) is 0.0800. The number of hydrogen-bond acceptors (Lipinski definition) is 0. The maximum absolute atomic E-state index is 2.36. The second-order valence-corrected chi connectivity index (χ2v) is 7.01. The van der Waals surface area contributed by atoms with Crippen molar-refractivity contribution in [1.29, 1.82) is 0 Å². The summed E-state index contributed by atoms with van der Waals surface area (Å²) in [6.07, 6.45) is 0. The highest BCUT2D eigenvalue weighted by Gasteiger charge is 2.16. The van der Waals surface area contributed by atoms with Crippen LogP contribution in [0.3, 0.4) is 0 Å². The highest BCUT2D eigenvalue weighted by Crippen LogP contribution is 2.32. The second-order valence-electron chi connectivity index (χ2n) is 7.01. The summed E-state index contributed by atoms with van der Waals surface area (Å²) in [5.74, 6) is 0. The van der Waals surface area contributed by atoms with E-state index >= 15 is 0 Å². The van der Waals surface area contributed by atoms with Crippen molar-refractivity contribution in [3.8, 4) is 11.3 Å². The Hall–Kier alpha value is -3.19. The molecule has 0 radical (unpaired) electrons. The average molecular weight is 334 g/mol. The quantitative estimate of drug-likeness (QED) is 0.263. The van der Waals surface area contributed by atoms with Crippen LogP contribution < -0.4 is 4.57 Å². The lowest BCUT2D eigenvalue weighted by atomic mass is 9.95. The summed E-state index contributed by atoms with van der Waals surface area (Å²) in [6, 6.07) is 30.8. The van der Waals surface area contributed by atoms with Crippen LogP contribution in [-0.2, 0) is 7.05 Å². The Morgan fingerprint density at radius 1 is 0.615 bits per heavy atom. The summed E-state index contributed by atoms with van der Waals surface area (Å²) in [7, 11) is 2.16. The predicted octanol–water partition coefficient (Wildman–Crippen LogP) is 5.95. The van der Waals surface area contributed by atoms with Crippen LogP contribution in [0, 0.1) is 6.92 Å². The molecule has 5 rings (SSSR count). The summed E-state index contributed by atoms with van der Waals surface area (Å²) in [5, 5.41) is 6.49. The first-order chi connectivity index (χ1) is 12.7. The molecule has 0 atom stereocenters. The summed E-state index contributed by atoms with van der Waals surface area (Å²) in [5.41, 5.74) is 5.10. The van der Waals surface area contributed by atoms with Gasteiger partial charge in [0.05, 0.1) is 0 Å². The van der Waals surface area contributed by atoms with Gasteiger partial charge in [-0.05, 0) is 52.2 Å². The van der Waals surface area contributed by atoms with Gasteiger partial charge in [-0.15, -0.1) is 0 Å². The molecule has 0 N–H and O–H groups in total. The number of aromatic nitrogens is 1. The monoisotopic (exact) mass is 334 g/mol. The van der Waals surface area contributed by atoms with Gasteiger partial charge in [-0.1, -0.05) is 54.6 Å². The number of nitrogens with zero attached hydrogens (tertiary/aromatic N) is 1. The van der Waals surface area contributed by atoms with E-state index in [9.17, 15) is 0 Å². The Morgan fingerprint density at radius 2 is 1.31 bits per heavy atom. The molecule has 1 nitrogen and oxygen atoms in total. The molecule has 1 heterocycles. The molecule has 0 amide bonds. The average Bonchev–Trinajstić information content (AvgIpc) is 2.68. The lowest BCUT2D eigenvalue weighted by Crippen LogP contribution is -2.32. The van der Waals surface area contributed by atoms with Crippen molar-refractivity contribution in [2.24, 2.45) is 7.05 Å². The Bertz CT molecular complexity index is 1300. The molecular formula is C25H20N+. The van der Waals surface area contributed by atoms with Crippen LogP contribution in [0.5, 0.6) is 0 Å². The van der Waals surface area contributed by atoms with E-state index in [1.54, 1.807) is 0 Å². The number of benzene rings is 4. The van der Waals surface area contributed by atoms with Crippen LogP contribution in [0.4, 0.5) is 0 Å². The van der Waals surface area contributed by atoms with Gasteiger partial charge in [0.25, 0.3) is 0 Å². The molecule has 0 unspecified atom stereocenters. The van der Waals surface area contributed by atoms with Gasteiger partial charge in [0.2, 0.25) is 11.2 Å². The standard InChI is InChI=1S/C25H20N/c1-17-15-20-12-11-18-7-3-5-9-21(18)23(20)16-22(17)25-14-13-19-8-4-6-10-24(19)26(25)2/h3-16H,1-2H3/q+1. The smallest absolute Gasteiger partial charge is 0.194 e.